The second-order valence-electron chi connectivity index (χ2n) is 4.52. The van der Waals surface area contributed by atoms with Crippen molar-refractivity contribution in [1.29, 1.82) is 0 Å². The van der Waals surface area contributed by atoms with Crippen molar-refractivity contribution in [2.45, 2.75) is 5.16 Å². The molecule has 0 spiro atoms. The van der Waals surface area contributed by atoms with E-state index in [0.29, 0.717) is 22.2 Å². The Morgan fingerprint density at radius 2 is 1.86 bits per heavy atom. The molecule has 0 atom stereocenters. The Hall–Kier alpha value is -2.47. The molecule has 0 bridgehead atoms. The number of rotatable bonds is 4. The van der Waals surface area contributed by atoms with E-state index in [1.54, 1.807) is 32.4 Å². The molecule has 0 saturated carbocycles. The van der Waals surface area contributed by atoms with Gasteiger partial charge in [-0.3, -0.25) is 4.79 Å². The minimum atomic E-state index is -0.111. The summed E-state index contributed by atoms with van der Waals surface area (Å²) in [4.78, 5) is 19.9. The van der Waals surface area contributed by atoms with Crippen molar-refractivity contribution in [3.8, 4) is 11.5 Å². The van der Waals surface area contributed by atoms with Gasteiger partial charge in [-0.05, 0) is 42.1 Å². The van der Waals surface area contributed by atoms with Gasteiger partial charge in [-0.25, -0.2) is 4.98 Å². The summed E-state index contributed by atoms with van der Waals surface area (Å²) < 4.78 is 10.4. The number of benzene rings is 2. The number of aromatic amines is 1. The van der Waals surface area contributed by atoms with E-state index in [1.165, 1.54) is 0 Å². The van der Waals surface area contributed by atoms with E-state index in [2.05, 4.69) is 9.97 Å². The number of fused-ring (bicyclic) bond motifs is 1. The first-order valence-electron chi connectivity index (χ1n) is 6.60. The number of hydrogen-bond acceptors (Lipinski definition) is 5. The molecule has 0 saturated heterocycles. The Labute approximate surface area is 131 Å². The van der Waals surface area contributed by atoms with Crippen LogP contribution in [0.1, 0.15) is 10.4 Å². The van der Waals surface area contributed by atoms with E-state index in [0.717, 1.165) is 22.8 Å². The van der Waals surface area contributed by atoms with Gasteiger partial charge in [0.15, 0.2) is 16.7 Å². The second-order valence-corrected chi connectivity index (χ2v) is 5.48. The van der Waals surface area contributed by atoms with Crippen molar-refractivity contribution in [2.24, 2.45) is 0 Å². The third kappa shape index (κ3) is 2.78. The fourth-order valence-corrected chi connectivity index (χ4v) is 2.81. The normalized spacial score (nSPS) is 10.6. The number of methoxy groups -OCH3 is 2. The van der Waals surface area contributed by atoms with Crippen molar-refractivity contribution in [1.82, 2.24) is 9.97 Å². The monoisotopic (exact) mass is 314 g/mol. The number of nitrogens with one attached hydrogen (secondary N) is 1. The van der Waals surface area contributed by atoms with Crippen LogP contribution in [0.2, 0.25) is 0 Å². The first-order chi connectivity index (χ1) is 10.7. The molecular weight excluding hydrogens is 300 g/mol. The van der Waals surface area contributed by atoms with Gasteiger partial charge in [-0.2, -0.15) is 0 Å². The first-order valence-corrected chi connectivity index (χ1v) is 7.42. The molecule has 0 amide bonds. The molecule has 0 radical (unpaired) electrons. The highest BCUT2D eigenvalue weighted by Gasteiger charge is 2.14. The SMILES string of the molecule is COc1ccc(C(=O)Sc2nc3ccccc3[nH]2)cc1OC. The summed E-state index contributed by atoms with van der Waals surface area (Å²) in [5, 5.41) is 0.459. The number of nitrogens with zero attached hydrogens (tertiary/aromatic N) is 1. The highest BCUT2D eigenvalue weighted by Crippen LogP contribution is 2.30. The number of ether oxygens (including phenoxy) is 2. The lowest BCUT2D eigenvalue weighted by atomic mass is 10.2. The maximum absolute atomic E-state index is 12.4. The van der Waals surface area contributed by atoms with E-state index >= 15 is 0 Å². The lowest BCUT2D eigenvalue weighted by Gasteiger charge is -2.08. The standard InChI is InChI=1S/C16H14N2O3S/c1-20-13-8-7-10(9-14(13)21-2)15(19)22-16-17-11-5-3-4-6-12(11)18-16/h3-9H,1-2H3,(H,17,18). The number of carbonyl (C=O) groups is 1. The molecule has 1 heterocycles. The number of para-hydroxylation sites is 2. The Kier molecular flexibility index (Phi) is 4.02. The molecule has 3 aromatic rings. The largest absolute Gasteiger partial charge is 0.493 e. The molecule has 112 valence electrons. The molecule has 2 aromatic carbocycles. The van der Waals surface area contributed by atoms with E-state index in [-0.39, 0.29) is 5.12 Å². The van der Waals surface area contributed by atoms with E-state index < -0.39 is 0 Å². The van der Waals surface area contributed by atoms with Crippen molar-refractivity contribution >= 4 is 27.9 Å². The molecule has 3 rings (SSSR count). The third-order valence-corrected chi connectivity index (χ3v) is 3.98. The third-order valence-electron chi connectivity index (χ3n) is 3.18. The number of carbonyl (C=O) groups excluding carboxylic acids is 1. The Morgan fingerprint density at radius 3 is 2.59 bits per heavy atom. The predicted octanol–water partition coefficient (Wildman–Crippen LogP) is 3.51. The molecule has 0 unspecified atom stereocenters. The van der Waals surface area contributed by atoms with Crippen LogP contribution in [-0.2, 0) is 0 Å². The maximum Gasteiger partial charge on any atom is 0.227 e. The van der Waals surface area contributed by atoms with Gasteiger partial charge in [-0.1, -0.05) is 12.1 Å². The van der Waals surface area contributed by atoms with Crippen LogP contribution in [0.3, 0.4) is 0 Å². The summed E-state index contributed by atoms with van der Waals surface area (Å²) in [6.45, 7) is 0. The molecule has 0 aliphatic rings. The number of hydrogen-bond donors (Lipinski definition) is 1. The molecule has 0 aliphatic carbocycles. The number of H-pyrrole nitrogens is 1. The van der Waals surface area contributed by atoms with Crippen LogP contribution in [-0.4, -0.2) is 29.3 Å². The Morgan fingerprint density at radius 1 is 1.09 bits per heavy atom. The molecule has 5 nitrogen and oxygen atoms in total. The minimum Gasteiger partial charge on any atom is -0.493 e. The van der Waals surface area contributed by atoms with Crippen LogP contribution in [0.15, 0.2) is 47.6 Å². The summed E-state index contributed by atoms with van der Waals surface area (Å²) in [5.41, 5.74) is 2.28. The van der Waals surface area contributed by atoms with Crippen molar-refractivity contribution in [2.75, 3.05) is 14.2 Å². The smallest absolute Gasteiger partial charge is 0.227 e. The molecular formula is C16H14N2O3S. The van der Waals surface area contributed by atoms with Crippen LogP contribution in [0.4, 0.5) is 0 Å². The fourth-order valence-electron chi connectivity index (χ4n) is 2.09. The van der Waals surface area contributed by atoms with Gasteiger partial charge < -0.3 is 14.5 Å². The topological polar surface area (TPSA) is 64.2 Å². The Bertz CT molecular complexity index is 796. The summed E-state index contributed by atoms with van der Waals surface area (Å²) in [6.07, 6.45) is 0. The average molecular weight is 314 g/mol. The van der Waals surface area contributed by atoms with Crippen molar-refractivity contribution in [3.63, 3.8) is 0 Å². The Balaban J connectivity index is 1.84. The molecule has 0 aliphatic heterocycles. The zero-order valence-corrected chi connectivity index (χ0v) is 12.9. The lowest BCUT2D eigenvalue weighted by molar-refractivity contribution is 0.108. The number of thioether (sulfide) groups is 1. The van der Waals surface area contributed by atoms with E-state index in [4.69, 9.17) is 9.47 Å². The summed E-state index contributed by atoms with van der Waals surface area (Å²) in [7, 11) is 3.10. The van der Waals surface area contributed by atoms with Gasteiger partial charge in [-0.15, -0.1) is 0 Å². The van der Waals surface area contributed by atoms with Crippen molar-refractivity contribution in [3.05, 3.63) is 48.0 Å². The highest BCUT2D eigenvalue weighted by atomic mass is 32.2. The van der Waals surface area contributed by atoms with Gasteiger partial charge in [0.25, 0.3) is 0 Å². The molecule has 0 fully saturated rings. The van der Waals surface area contributed by atoms with E-state index in [1.807, 2.05) is 24.3 Å². The number of aromatic nitrogens is 2. The molecule has 22 heavy (non-hydrogen) atoms. The minimum absolute atomic E-state index is 0.111. The average Bonchev–Trinajstić information content (AvgIpc) is 2.96. The summed E-state index contributed by atoms with van der Waals surface area (Å²) in [5.74, 6) is 1.12. The van der Waals surface area contributed by atoms with Gasteiger partial charge in [0.2, 0.25) is 5.12 Å². The predicted molar refractivity (Wildman–Crippen MR) is 85.8 cm³/mol. The highest BCUT2D eigenvalue weighted by molar-refractivity contribution is 8.14. The second kappa shape index (κ2) is 6.11. The van der Waals surface area contributed by atoms with Gasteiger partial charge in [0.05, 0.1) is 25.3 Å². The zero-order chi connectivity index (χ0) is 15.5. The van der Waals surface area contributed by atoms with E-state index in [9.17, 15) is 4.79 Å². The molecule has 1 N–H and O–H groups in total. The van der Waals surface area contributed by atoms with Crippen LogP contribution >= 0.6 is 11.8 Å². The van der Waals surface area contributed by atoms with Gasteiger partial charge >= 0.3 is 0 Å². The van der Waals surface area contributed by atoms with Crippen LogP contribution in [0.5, 0.6) is 11.5 Å². The fraction of sp³-hybridized carbons (Fsp3) is 0.125. The van der Waals surface area contributed by atoms with Crippen LogP contribution in [0, 0.1) is 0 Å². The number of imidazole rings is 1. The van der Waals surface area contributed by atoms with Crippen molar-refractivity contribution < 1.29 is 14.3 Å². The summed E-state index contributed by atoms with van der Waals surface area (Å²) >= 11 is 1.05. The summed E-state index contributed by atoms with van der Waals surface area (Å²) in [6, 6.07) is 12.7. The zero-order valence-electron chi connectivity index (χ0n) is 12.1. The maximum atomic E-state index is 12.4. The van der Waals surface area contributed by atoms with Crippen LogP contribution < -0.4 is 9.47 Å². The molecule has 1 aromatic heterocycles. The lowest BCUT2D eigenvalue weighted by Crippen LogP contribution is -1.97. The van der Waals surface area contributed by atoms with Gasteiger partial charge in [0, 0.05) is 5.56 Å². The van der Waals surface area contributed by atoms with Gasteiger partial charge in [0.1, 0.15) is 0 Å². The first kappa shape index (κ1) is 14.5. The molecule has 6 heteroatoms. The van der Waals surface area contributed by atoms with Crippen LogP contribution in [0.25, 0.3) is 11.0 Å². The quantitative estimate of drug-likeness (QED) is 0.747.